The summed E-state index contributed by atoms with van der Waals surface area (Å²) in [6, 6.07) is 0.803. The highest BCUT2D eigenvalue weighted by molar-refractivity contribution is 4.82. The van der Waals surface area contributed by atoms with E-state index in [2.05, 4.69) is 25.3 Å². The molecule has 11 heavy (non-hydrogen) atoms. The summed E-state index contributed by atoms with van der Waals surface area (Å²) in [6.45, 7) is 10.8. The maximum absolute atomic E-state index is 3.80. The van der Waals surface area contributed by atoms with Gasteiger partial charge in [0.05, 0.1) is 0 Å². The number of hydrogen-bond acceptors (Lipinski definition) is 1. The van der Waals surface area contributed by atoms with Gasteiger partial charge in [0.1, 0.15) is 0 Å². The number of hydrogen-bond donors (Lipinski definition) is 0. The lowest BCUT2D eigenvalue weighted by Crippen LogP contribution is -2.30. The Morgan fingerprint density at radius 1 is 1.73 bits per heavy atom. The molecule has 0 saturated carbocycles. The highest BCUT2D eigenvalue weighted by Gasteiger charge is 2.20. The molecule has 0 amide bonds. The lowest BCUT2D eigenvalue weighted by atomic mass is 10.1. The van der Waals surface area contributed by atoms with Crippen LogP contribution in [0.3, 0.4) is 0 Å². The first-order valence-corrected chi connectivity index (χ1v) is 4.60. The Morgan fingerprint density at radius 3 is 2.91 bits per heavy atom. The van der Waals surface area contributed by atoms with Gasteiger partial charge in [-0.3, -0.25) is 0 Å². The van der Waals surface area contributed by atoms with Crippen LogP contribution >= 0.6 is 0 Å². The maximum Gasteiger partial charge on any atom is 0.00676 e. The third-order valence-electron chi connectivity index (χ3n) is 2.62. The van der Waals surface area contributed by atoms with Gasteiger partial charge in [-0.1, -0.05) is 13.0 Å². The molecule has 1 heteroatoms. The zero-order valence-electron chi connectivity index (χ0n) is 7.71. The van der Waals surface area contributed by atoms with Gasteiger partial charge in [-0.05, 0) is 32.2 Å². The molecule has 0 radical (unpaired) electrons. The van der Waals surface area contributed by atoms with E-state index >= 15 is 0 Å². The Balaban J connectivity index is 2.30. The molecule has 1 nitrogen and oxygen atoms in total. The zero-order valence-corrected chi connectivity index (χ0v) is 7.71. The van der Waals surface area contributed by atoms with Crippen molar-refractivity contribution in [2.24, 2.45) is 5.92 Å². The SMILES string of the molecule is C=CC(C)CN1CCCC1C. The average molecular weight is 153 g/mol. The van der Waals surface area contributed by atoms with E-state index < -0.39 is 0 Å². The number of likely N-dealkylation sites (tertiary alicyclic amines) is 1. The Morgan fingerprint density at radius 2 is 2.45 bits per heavy atom. The lowest BCUT2D eigenvalue weighted by Gasteiger charge is -2.22. The van der Waals surface area contributed by atoms with Crippen LogP contribution in [0.4, 0.5) is 0 Å². The summed E-state index contributed by atoms with van der Waals surface area (Å²) >= 11 is 0. The molecule has 0 spiro atoms. The molecule has 1 rings (SSSR count). The molecule has 0 aromatic heterocycles. The third-order valence-corrected chi connectivity index (χ3v) is 2.62. The van der Waals surface area contributed by atoms with Crippen molar-refractivity contribution in [3.63, 3.8) is 0 Å². The number of nitrogens with zero attached hydrogens (tertiary/aromatic N) is 1. The minimum atomic E-state index is 0.649. The molecular formula is C10H19N. The first kappa shape index (κ1) is 8.79. The van der Waals surface area contributed by atoms with Crippen molar-refractivity contribution >= 4 is 0 Å². The molecule has 0 N–H and O–H groups in total. The fourth-order valence-corrected chi connectivity index (χ4v) is 1.71. The van der Waals surface area contributed by atoms with Crippen molar-refractivity contribution in [2.75, 3.05) is 13.1 Å². The Labute approximate surface area is 70.1 Å². The molecule has 0 aliphatic carbocycles. The van der Waals surface area contributed by atoms with E-state index in [1.807, 2.05) is 6.08 Å². The quantitative estimate of drug-likeness (QED) is 0.562. The van der Waals surface area contributed by atoms with Crippen molar-refractivity contribution in [1.29, 1.82) is 0 Å². The third kappa shape index (κ3) is 2.33. The minimum Gasteiger partial charge on any atom is -0.300 e. The summed E-state index contributed by atoms with van der Waals surface area (Å²) in [5, 5.41) is 0. The smallest absolute Gasteiger partial charge is 0.00676 e. The molecule has 2 atom stereocenters. The van der Waals surface area contributed by atoms with E-state index in [1.54, 1.807) is 0 Å². The standard InChI is InChI=1S/C10H19N/c1-4-9(2)8-11-7-5-6-10(11)3/h4,9-10H,1,5-8H2,2-3H3. The van der Waals surface area contributed by atoms with Crippen LogP contribution in [0.15, 0.2) is 12.7 Å². The van der Waals surface area contributed by atoms with Crippen LogP contribution in [0.1, 0.15) is 26.7 Å². The summed E-state index contributed by atoms with van der Waals surface area (Å²) in [5.74, 6) is 0.649. The van der Waals surface area contributed by atoms with Crippen LogP contribution in [-0.2, 0) is 0 Å². The van der Waals surface area contributed by atoms with E-state index in [9.17, 15) is 0 Å². The molecule has 1 fully saturated rings. The van der Waals surface area contributed by atoms with Gasteiger partial charge in [0.15, 0.2) is 0 Å². The summed E-state index contributed by atoms with van der Waals surface area (Å²) in [5.41, 5.74) is 0. The van der Waals surface area contributed by atoms with Crippen molar-refractivity contribution in [3.05, 3.63) is 12.7 Å². The van der Waals surface area contributed by atoms with E-state index in [4.69, 9.17) is 0 Å². The molecule has 2 unspecified atom stereocenters. The highest BCUT2D eigenvalue weighted by atomic mass is 15.2. The lowest BCUT2D eigenvalue weighted by molar-refractivity contribution is 0.248. The van der Waals surface area contributed by atoms with Crippen LogP contribution in [-0.4, -0.2) is 24.0 Å². The van der Waals surface area contributed by atoms with E-state index in [1.165, 1.54) is 25.9 Å². The van der Waals surface area contributed by atoms with Gasteiger partial charge in [-0.25, -0.2) is 0 Å². The fourth-order valence-electron chi connectivity index (χ4n) is 1.71. The molecule has 1 heterocycles. The van der Waals surface area contributed by atoms with Crippen LogP contribution in [0, 0.1) is 5.92 Å². The van der Waals surface area contributed by atoms with Crippen molar-refractivity contribution < 1.29 is 0 Å². The second-order valence-corrected chi connectivity index (χ2v) is 3.70. The predicted octanol–water partition coefficient (Wildman–Crippen LogP) is 2.29. The normalized spacial score (nSPS) is 28.7. The van der Waals surface area contributed by atoms with Gasteiger partial charge in [0.25, 0.3) is 0 Å². The van der Waals surface area contributed by atoms with E-state index in [0.29, 0.717) is 5.92 Å². The molecule has 64 valence electrons. The van der Waals surface area contributed by atoms with Crippen molar-refractivity contribution in [1.82, 2.24) is 4.90 Å². The first-order chi connectivity index (χ1) is 5.24. The second-order valence-electron chi connectivity index (χ2n) is 3.70. The topological polar surface area (TPSA) is 3.24 Å². The summed E-state index contributed by atoms with van der Waals surface area (Å²) in [7, 11) is 0. The molecule has 0 aromatic rings. The number of rotatable bonds is 3. The molecule has 0 bridgehead atoms. The van der Waals surface area contributed by atoms with Gasteiger partial charge in [0.2, 0.25) is 0 Å². The van der Waals surface area contributed by atoms with Crippen LogP contribution < -0.4 is 0 Å². The van der Waals surface area contributed by atoms with E-state index in [-0.39, 0.29) is 0 Å². The molecule has 1 saturated heterocycles. The van der Waals surface area contributed by atoms with Crippen LogP contribution in [0.5, 0.6) is 0 Å². The van der Waals surface area contributed by atoms with E-state index in [0.717, 1.165) is 6.04 Å². The van der Waals surface area contributed by atoms with Gasteiger partial charge >= 0.3 is 0 Å². The molecular weight excluding hydrogens is 134 g/mol. The predicted molar refractivity (Wildman–Crippen MR) is 49.6 cm³/mol. The molecule has 1 aliphatic heterocycles. The highest BCUT2D eigenvalue weighted by Crippen LogP contribution is 2.17. The monoisotopic (exact) mass is 153 g/mol. The van der Waals surface area contributed by atoms with Crippen molar-refractivity contribution in [2.45, 2.75) is 32.7 Å². The van der Waals surface area contributed by atoms with Gasteiger partial charge < -0.3 is 4.90 Å². The Bertz CT molecular complexity index is 131. The molecule has 0 aromatic carbocycles. The van der Waals surface area contributed by atoms with Crippen LogP contribution in [0.25, 0.3) is 0 Å². The van der Waals surface area contributed by atoms with Crippen LogP contribution in [0.2, 0.25) is 0 Å². The minimum absolute atomic E-state index is 0.649. The van der Waals surface area contributed by atoms with Gasteiger partial charge in [0, 0.05) is 12.6 Å². The average Bonchev–Trinajstić information content (AvgIpc) is 2.37. The fraction of sp³-hybridized carbons (Fsp3) is 0.800. The van der Waals surface area contributed by atoms with Crippen molar-refractivity contribution in [3.8, 4) is 0 Å². The molecule has 1 aliphatic rings. The first-order valence-electron chi connectivity index (χ1n) is 4.60. The summed E-state index contributed by atoms with van der Waals surface area (Å²) < 4.78 is 0. The summed E-state index contributed by atoms with van der Waals surface area (Å²) in [6.07, 6.45) is 4.81. The Kier molecular flexibility index (Phi) is 3.13. The Hall–Kier alpha value is -0.300. The summed E-state index contributed by atoms with van der Waals surface area (Å²) in [4.78, 5) is 2.56. The largest absolute Gasteiger partial charge is 0.300 e. The van der Waals surface area contributed by atoms with Gasteiger partial charge in [-0.2, -0.15) is 0 Å². The zero-order chi connectivity index (χ0) is 8.27. The second kappa shape index (κ2) is 3.91. The van der Waals surface area contributed by atoms with Gasteiger partial charge in [-0.15, -0.1) is 6.58 Å². The maximum atomic E-state index is 3.80.